The lowest BCUT2D eigenvalue weighted by atomic mass is 9.88. The Hall–Kier alpha value is -7.52. The molecule has 26 nitrogen and oxygen atoms in total. The van der Waals surface area contributed by atoms with Crippen LogP contribution in [0.25, 0.3) is 0 Å². The summed E-state index contributed by atoms with van der Waals surface area (Å²) in [6.07, 6.45) is 7.90. The number of methoxy groups -OCH3 is 1. The van der Waals surface area contributed by atoms with Gasteiger partial charge in [0.2, 0.25) is 29.5 Å². The number of piperazine rings is 1. The lowest BCUT2D eigenvalue weighted by Gasteiger charge is -2.38. The Bertz CT molecular complexity index is 2740. The van der Waals surface area contributed by atoms with Crippen LogP contribution in [0, 0.1) is 11.8 Å². The molecule has 5 rings (SSSR count). The van der Waals surface area contributed by atoms with Crippen LogP contribution in [-0.4, -0.2) is 195 Å². The lowest BCUT2D eigenvalue weighted by molar-refractivity contribution is -0.151. The highest BCUT2D eigenvalue weighted by molar-refractivity contribution is 6.12. The molecule has 26 heteroatoms. The molecule has 1 aromatic rings. The van der Waals surface area contributed by atoms with Crippen molar-refractivity contribution in [3.63, 3.8) is 0 Å². The molecule has 2 fully saturated rings. The van der Waals surface area contributed by atoms with Crippen molar-refractivity contribution in [1.29, 1.82) is 0 Å². The van der Waals surface area contributed by atoms with Crippen molar-refractivity contribution in [2.24, 2.45) is 17.6 Å². The third-order valence-electron chi connectivity index (χ3n) is 16.2. The lowest BCUT2D eigenvalue weighted by Crippen LogP contribution is -2.55. The zero-order valence-corrected chi connectivity index (χ0v) is 51.9. The number of primary amides is 1. The average molecular weight is 1240 g/mol. The molecule has 88 heavy (non-hydrogen) atoms. The molecule has 13 atom stereocenters. The number of anilines is 1. The van der Waals surface area contributed by atoms with Gasteiger partial charge in [0, 0.05) is 82.4 Å². The van der Waals surface area contributed by atoms with Gasteiger partial charge in [-0.1, -0.05) is 63.6 Å². The van der Waals surface area contributed by atoms with E-state index in [1.54, 1.807) is 63.3 Å². The molecule has 9 amide bonds. The third-order valence-corrected chi connectivity index (χ3v) is 16.2. The largest absolute Gasteiger partial charge is 0.457 e. The van der Waals surface area contributed by atoms with Gasteiger partial charge in [0.15, 0.2) is 6.10 Å². The second-order valence-electron chi connectivity index (χ2n) is 23.6. The van der Waals surface area contributed by atoms with Gasteiger partial charge in [-0.05, 0) is 96.1 Å². The van der Waals surface area contributed by atoms with E-state index in [1.807, 2.05) is 20.8 Å². The number of carbonyl (C=O) groups is 10. The Morgan fingerprint density at radius 1 is 0.886 bits per heavy atom. The van der Waals surface area contributed by atoms with Gasteiger partial charge in [-0.15, -0.1) is 0 Å². The summed E-state index contributed by atoms with van der Waals surface area (Å²) < 4.78 is 29.4. The number of allylic oxidation sites excluding steroid dienone is 2. The molecule has 2 saturated heterocycles. The number of hydrogen-bond donors (Lipinski definition) is 8. The number of rotatable bonds is 27. The third kappa shape index (κ3) is 22.0. The number of aliphatic hydroxyl groups is 3. The quantitative estimate of drug-likeness (QED) is 0.0119. The van der Waals surface area contributed by atoms with E-state index in [4.69, 9.17) is 29.4 Å². The van der Waals surface area contributed by atoms with Crippen LogP contribution in [0.1, 0.15) is 125 Å². The van der Waals surface area contributed by atoms with Crippen molar-refractivity contribution in [2.75, 3.05) is 45.2 Å². The second kappa shape index (κ2) is 33.2. The van der Waals surface area contributed by atoms with E-state index in [0.717, 1.165) is 4.90 Å². The number of epoxide rings is 1. The van der Waals surface area contributed by atoms with E-state index in [0.29, 0.717) is 43.2 Å². The van der Waals surface area contributed by atoms with E-state index in [-0.39, 0.29) is 101 Å². The highest BCUT2D eigenvalue weighted by Crippen LogP contribution is 2.38. The zero-order valence-electron chi connectivity index (χ0n) is 51.9. The number of nitrogens with one attached hydrogen (secondary N) is 4. The monoisotopic (exact) mass is 1230 g/mol. The molecular formula is C62H90N8O18. The Morgan fingerprint density at radius 2 is 1.51 bits per heavy atom. The van der Waals surface area contributed by atoms with E-state index >= 15 is 0 Å². The van der Waals surface area contributed by atoms with Crippen LogP contribution < -0.4 is 27.0 Å². The minimum atomic E-state index is -1.44. The van der Waals surface area contributed by atoms with Crippen molar-refractivity contribution in [2.45, 2.75) is 192 Å². The normalized spacial score (nSPS) is 25.3. The molecule has 9 N–H and O–H groups in total. The van der Waals surface area contributed by atoms with Crippen molar-refractivity contribution >= 4 is 65.2 Å². The first-order valence-corrected chi connectivity index (χ1v) is 30.0. The molecular weight excluding hydrogens is 1140 g/mol. The summed E-state index contributed by atoms with van der Waals surface area (Å²) in [7, 11) is 1.47. The maximum Gasteiger partial charge on any atom is 0.410 e. The summed E-state index contributed by atoms with van der Waals surface area (Å²) in [6, 6.07) is 2.52. The Labute approximate surface area is 513 Å². The van der Waals surface area contributed by atoms with Gasteiger partial charge in [0.1, 0.15) is 36.4 Å². The van der Waals surface area contributed by atoms with Crippen molar-refractivity contribution < 1.29 is 86.9 Å². The molecule has 0 spiro atoms. The number of nitrogens with zero attached hydrogens (tertiary/aromatic N) is 3. The number of amides is 9. The smallest absolute Gasteiger partial charge is 0.410 e. The summed E-state index contributed by atoms with van der Waals surface area (Å²) >= 11 is 0. The molecule has 4 heterocycles. The number of esters is 1. The summed E-state index contributed by atoms with van der Waals surface area (Å²) in [4.78, 5) is 131. The SMILES string of the molecule is CC[C@H](O)[C@@H](C)[C@H]1O[C@@H]1CC(C)(O)/C=C/C=C(\C)[C@H]1OC(=O)C[C@H](O)CC[C@@](C)(OC)[C@@H](OC(=O)N2CCN(C(=O)OCc3ccc(NC(=O)C(CC(N)=O)NC(=O)C(C)NC(=O)C(C)NC(=O)CCCCCN4C(=O)C=CC4=O)cc3)CC2)/C=C/[C@@H]1C. The Morgan fingerprint density at radius 3 is 2.14 bits per heavy atom. The van der Waals surface area contributed by atoms with Crippen LogP contribution in [-0.2, 0) is 68.6 Å². The topological polar surface area (TPSA) is 365 Å². The van der Waals surface area contributed by atoms with Crippen molar-refractivity contribution in [1.82, 2.24) is 30.7 Å². The van der Waals surface area contributed by atoms with Gasteiger partial charge in [0.25, 0.3) is 11.8 Å². The highest BCUT2D eigenvalue weighted by atomic mass is 16.6. The fourth-order valence-electron chi connectivity index (χ4n) is 10.3. The highest BCUT2D eigenvalue weighted by Gasteiger charge is 2.47. The molecule has 1 aromatic carbocycles. The molecule has 486 valence electrons. The van der Waals surface area contributed by atoms with Crippen LogP contribution in [0.15, 0.2) is 72.4 Å². The number of unbranched alkanes of at least 4 members (excludes halogenated alkanes) is 2. The molecule has 0 aromatic heterocycles. The van der Waals surface area contributed by atoms with Crippen LogP contribution in [0.3, 0.4) is 0 Å². The standard InChI is InChI=1S/C62H90N8O18/c1-10-46(72)39(4)55-47(86-55)35-61(7,83)26-14-15-37(2)54-38(3)17-22-48(62(8,84-9)27-25-44(71)33-53(77)88-54)87-60(82)69-31-29-68(30-32-69)59(81)85-36-42-18-20-43(21-19-42)66-58(80)45(34-49(63)73)67-57(79)41(6)65-56(78)40(5)64-50(74)16-12-11-13-28-70-51(75)23-24-52(70)76/h14-15,17-24,26,38-41,44-48,54-55,71-72,83H,10-13,16,25,27-36H2,1-9H3,(H2,63,73)(H,64,74)(H,65,78)(H,66,80)(H,67,79)/b22-17+,26-14+,37-15+/t38-,39+,40?,41?,44+,45?,46-,47+,48-,54+,55+,61?,62+/m0/s1. The van der Waals surface area contributed by atoms with Crippen molar-refractivity contribution in [3.05, 3.63) is 77.9 Å². The zero-order chi connectivity index (χ0) is 65.0. The van der Waals surface area contributed by atoms with Crippen LogP contribution in [0.2, 0.25) is 0 Å². The first kappa shape index (κ1) is 71.2. The first-order valence-electron chi connectivity index (χ1n) is 30.0. The van der Waals surface area contributed by atoms with E-state index in [1.165, 1.54) is 55.0 Å². The fourth-order valence-corrected chi connectivity index (χ4v) is 10.3. The van der Waals surface area contributed by atoms with Crippen LogP contribution in [0.4, 0.5) is 15.3 Å². The predicted molar refractivity (Wildman–Crippen MR) is 320 cm³/mol. The fraction of sp³-hybridized carbons (Fsp3) is 0.613. The van der Waals surface area contributed by atoms with Gasteiger partial charge < -0.3 is 75.8 Å². The number of imide groups is 1. The van der Waals surface area contributed by atoms with Gasteiger partial charge in [-0.2, -0.15) is 0 Å². The number of ether oxygens (including phenoxy) is 5. The van der Waals surface area contributed by atoms with Gasteiger partial charge in [-0.25, -0.2) is 9.59 Å². The van der Waals surface area contributed by atoms with Gasteiger partial charge in [0.05, 0.1) is 42.9 Å². The predicted octanol–water partition coefficient (Wildman–Crippen LogP) is 3.11. The molecule has 0 radical (unpaired) electrons. The van der Waals surface area contributed by atoms with Gasteiger partial charge >= 0.3 is 18.2 Å². The minimum absolute atomic E-state index is 0.0650. The van der Waals surface area contributed by atoms with Crippen molar-refractivity contribution in [3.8, 4) is 0 Å². The van der Waals surface area contributed by atoms with Crippen LogP contribution in [0.5, 0.6) is 0 Å². The molecule has 4 unspecified atom stereocenters. The number of carbonyl (C=O) groups excluding carboxylic acids is 10. The van der Waals surface area contributed by atoms with Crippen LogP contribution >= 0.6 is 0 Å². The summed E-state index contributed by atoms with van der Waals surface area (Å²) in [6.45, 7) is 14.2. The maximum atomic E-state index is 13.9. The Kier molecular flexibility index (Phi) is 26.9. The first-order chi connectivity index (χ1) is 41.5. The summed E-state index contributed by atoms with van der Waals surface area (Å²) in [5.41, 5.74) is 4.49. The molecule has 4 aliphatic rings. The number of nitrogens with two attached hydrogens (primary N) is 1. The molecule has 0 bridgehead atoms. The van der Waals surface area contributed by atoms with Gasteiger partial charge in [-0.3, -0.25) is 43.3 Å². The number of cyclic esters (lactones) is 1. The summed E-state index contributed by atoms with van der Waals surface area (Å²) in [5, 5.41) is 42.4. The van der Waals surface area contributed by atoms with E-state index in [2.05, 4.69) is 21.3 Å². The van der Waals surface area contributed by atoms with E-state index in [9.17, 15) is 63.3 Å². The minimum Gasteiger partial charge on any atom is -0.457 e. The number of aliphatic hydroxyl groups excluding tert-OH is 2. The number of hydrogen-bond acceptors (Lipinski definition) is 18. The molecule has 0 saturated carbocycles. The van der Waals surface area contributed by atoms with E-state index < -0.39 is 114 Å². The average Bonchev–Trinajstić information content (AvgIpc) is 3.04. The molecule has 0 aliphatic carbocycles. The molecule has 4 aliphatic heterocycles. The Balaban J connectivity index is 1.08. The number of benzene rings is 1. The maximum absolute atomic E-state index is 13.9. The summed E-state index contributed by atoms with van der Waals surface area (Å²) in [5.74, 6) is -5.51. The second-order valence-corrected chi connectivity index (χ2v) is 23.6.